The van der Waals surface area contributed by atoms with Crippen molar-refractivity contribution < 1.29 is 19.4 Å². The smallest absolute Gasteiger partial charge is 0.341 e. The van der Waals surface area contributed by atoms with Crippen LogP contribution in [0.15, 0.2) is 12.1 Å². The van der Waals surface area contributed by atoms with Gasteiger partial charge >= 0.3 is 5.97 Å². The summed E-state index contributed by atoms with van der Waals surface area (Å²) < 4.78 is 5.28. The van der Waals surface area contributed by atoms with Gasteiger partial charge in [-0.25, -0.2) is 4.79 Å². The first-order chi connectivity index (χ1) is 10.2. The molecule has 0 heterocycles. The van der Waals surface area contributed by atoms with E-state index in [9.17, 15) is 9.59 Å². The molecule has 5 heteroatoms. The second-order valence-corrected chi connectivity index (χ2v) is 5.84. The lowest BCUT2D eigenvalue weighted by atomic mass is 9.94. The number of carbonyl (C=O) groups excluding carboxylic acids is 1. The quantitative estimate of drug-likeness (QED) is 0.811. The molecule has 0 aliphatic rings. The normalized spacial score (nSPS) is 11.1. The molecule has 1 aromatic carbocycles. The first-order valence-electron chi connectivity index (χ1n) is 7.50. The van der Waals surface area contributed by atoms with Gasteiger partial charge in [-0.2, -0.15) is 0 Å². The predicted octanol–water partition coefficient (Wildman–Crippen LogP) is 3.08. The van der Waals surface area contributed by atoms with Crippen molar-refractivity contribution in [1.29, 1.82) is 0 Å². The van der Waals surface area contributed by atoms with Gasteiger partial charge in [0.05, 0.1) is 0 Å². The second-order valence-electron chi connectivity index (χ2n) is 5.84. The number of hydrogen-bond donors (Lipinski definition) is 2. The summed E-state index contributed by atoms with van der Waals surface area (Å²) in [5, 5.41) is 11.8. The number of rotatable bonds is 7. The third kappa shape index (κ3) is 4.48. The van der Waals surface area contributed by atoms with Crippen molar-refractivity contribution in [1.82, 2.24) is 5.32 Å². The Hall–Kier alpha value is -2.04. The average Bonchev–Trinajstić information content (AvgIpc) is 2.45. The van der Waals surface area contributed by atoms with Crippen LogP contribution in [-0.4, -0.2) is 29.1 Å². The first kappa shape index (κ1) is 18.0. The number of benzene rings is 1. The van der Waals surface area contributed by atoms with E-state index in [4.69, 9.17) is 9.84 Å². The van der Waals surface area contributed by atoms with Gasteiger partial charge in [0.1, 0.15) is 5.75 Å². The molecule has 0 unspecified atom stereocenters. The van der Waals surface area contributed by atoms with Crippen molar-refractivity contribution in [3.05, 3.63) is 28.8 Å². The van der Waals surface area contributed by atoms with Crippen molar-refractivity contribution in [3.8, 4) is 5.75 Å². The van der Waals surface area contributed by atoms with E-state index in [1.54, 1.807) is 26.0 Å². The first-order valence-corrected chi connectivity index (χ1v) is 7.50. The molecule has 0 bridgehead atoms. The largest absolute Gasteiger partial charge is 0.481 e. The Kier molecular flexibility index (Phi) is 5.97. The molecular formula is C17H25NO4. The maximum atomic E-state index is 12.4. The molecule has 0 saturated carbocycles. The van der Waals surface area contributed by atoms with E-state index < -0.39 is 12.6 Å². The lowest BCUT2D eigenvalue weighted by molar-refractivity contribution is -0.139. The Balaban J connectivity index is 2.98. The molecular weight excluding hydrogens is 282 g/mol. The number of aryl methyl sites for hydroxylation is 2. The van der Waals surface area contributed by atoms with Gasteiger partial charge < -0.3 is 15.2 Å². The van der Waals surface area contributed by atoms with E-state index in [1.807, 2.05) is 20.8 Å². The van der Waals surface area contributed by atoms with Crippen LogP contribution in [0.1, 0.15) is 55.1 Å². The van der Waals surface area contributed by atoms with Gasteiger partial charge in [-0.1, -0.05) is 13.8 Å². The van der Waals surface area contributed by atoms with Crippen molar-refractivity contribution in [2.24, 2.45) is 0 Å². The van der Waals surface area contributed by atoms with E-state index in [0.29, 0.717) is 11.3 Å². The molecule has 122 valence electrons. The third-order valence-corrected chi connectivity index (χ3v) is 4.04. The van der Waals surface area contributed by atoms with Gasteiger partial charge in [0.25, 0.3) is 5.91 Å². The molecule has 0 saturated heterocycles. The zero-order valence-electron chi connectivity index (χ0n) is 13.9. The van der Waals surface area contributed by atoms with Crippen LogP contribution in [0.25, 0.3) is 0 Å². The Morgan fingerprint density at radius 2 is 1.68 bits per heavy atom. The standard InChI is InChI=1S/C17H25NO4/c1-6-17(5,7-2)18-16(21)13-8-11(3)15(12(4)9-13)22-10-14(19)20/h8-9H,6-7,10H2,1-5H3,(H,18,21)(H,19,20). The summed E-state index contributed by atoms with van der Waals surface area (Å²) in [6.07, 6.45) is 1.71. The topological polar surface area (TPSA) is 75.6 Å². The average molecular weight is 307 g/mol. The summed E-state index contributed by atoms with van der Waals surface area (Å²) >= 11 is 0. The van der Waals surface area contributed by atoms with Crippen LogP contribution in [0, 0.1) is 13.8 Å². The number of carboxylic acid groups (broad SMARTS) is 1. The summed E-state index contributed by atoms with van der Waals surface area (Å²) in [4.78, 5) is 23.0. The number of nitrogens with one attached hydrogen (secondary N) is 1. The molecule has 1 amide bonds. The summed E-state index contributed by atoms with van der Waals surface area (Å²) in [6.45, 7) is 9.33. The van der Waals surface area contributed by atoms with E-state index in [0.717, 1.165) is 24.0 Å². The van der Waals surface area contributed by atoms with Gasteiger partial charge in [0.15, 0.2) is 6.61 Å². The molecule has 0 spiro atoms. The summed E-state index contributed by atoms with van der Waals surface area (Å²) in [6, 6.07) is 3.45. The number of aliphatic carboxylic acids is 1. The van der Waals surface area contributed by atoms with E-state index >= 15 is 0 Å². The molecule has 1 aromatic rings. The highest BCUT2D eigenvalue weighted by molar-refractivity contribution is 5.95. The third-order valence-electron chi connectivity index (χ3n) is 4.04. The Morgan fingerprint density at radius 1 is 1.18 bits per heavy atom. The van der Waals surface area contributed by atoms with Crippen LogP contribution in [0.5, 0.6) is 5.75 Å². The summed E-state index contributed by atoms with van der Waals surface area (Å²) in [7, 11) is 0. The zero-order chi connectivity index (χ0) is 16.9. The molecule has 0 aliphatic heterocycles. The Morgan fingerprint density at radius 3 is 2.09 bits per heavy atom. The van der Waals surface area contributed by atoms with E-state index in [2.05, 4.69) is 5.32 Å². The number of carbonyl (C=O) groups is 2. The maximum Gasteiger partial charge on any atom is 0.341 e. The molecule has 0 radical (unpaired) electrons. The minimum Gasteiger partial charge on any atom is -0.481 e. The highest BCUT2D eigenvalue weighted by Crippen LogP contribution is 2.25. The fourth-order valence-corrected chi connectivity index (χ4v) is 2.22. The molecule has 5 nitrogen and oxygen atoms in total. The lowest BCUT2D eigenvalue weighted by Crippen LogP contribution is -2.45. The molecule has 1 rings (SSSR count). The summed E-state index contributed by atoms with van der Waals surface area (Å²) in [5.74, 6) is -0.628. The molecule has 0 aromatic heterocycles. The van der Waals surface area contributed by atoms with Crippen molar-refractivity contribution in [3.63, 3.8) is 0 Å². The van der Waals surface area contributed by atoms with Crippen LogP contribution >= 0.6 is 0 Å². The molecule has 0 atom stereocenters. The van der Waals surface area contributed by atoms with E-state index in [-0.39, 0.29) is 11.4 Å². The van der Waals surface area contributed by atoms with Crippen LogP contribution in [0.4, 0.5) is 0 Å². The SMILES string of the molecule is CCC(C)(CC)NC(=O)c1cc(C)c(OCC(=O)O)c(C)c1. The Bertz CT molecular complexity index is 539. The summed E-state index contributed by atoms with van der Waals surface area (Å²) in [5.41, 5.74) is 1.84. The second kappa shape index (κ2) is 7.29. The predicted molar refractivity (Wildman–Crippen MR) is 85.5 cm³/mol. The van der Waals surface area contributed by atoms with Gasteiger partial charge in [-0.05, 0) is 56.9 Å². The maximum absolute atomic E-state index is 12.4. The fraction of sp³-hybridized carbons (Fsp3) is 0.529. The monoisotopic (exact) mass is 307 g/mol. The van der Waals surface area contributed by atoms with Crippen LogP contribution in [0.3, 0.4) is 0 Å². The zero-order valence-corrected chi connectivity index (χ0v) is 13.9. The number of ether oxygens (including phenoxy) is 1. The highest BCUT2D eigenvalue weighted by atomic mass is 16.5. The number of carboxylic acids is 1. The van der Waals surface area contributed by atoms with Crippen molar-refractivity contribution in [2.75, 3.05) is 6.61 Å². The number of hydrogen-bond acceptors (Lipinski definition) is 3. The van der Waals surface area contributed by atoms with Crippen LogP contribution < -0.4 is 10.1 Å². The van der Waals surface area contributed by atoms with Gasteiger partial charge in [0, 0.05) is 11.1 Å². The molecule has 2 N–H and O–H groups in total. The van der Waals surface area contributed by atoms with Crippen LogP contribution in [0.2, 0.25) is 0 Å². The van der Waals surface area contributed by atoms with Crippen LogP contribution in [-0.2, 0) is 4.79 Å². The van der Waals surface area contributed by atoms with E-state index in [1.165, 1.54) is 0 Å². The molecule has 22 heavy (non-hydrogen) atoms. The highest BCUT2D eigenvalue weighted by Gasteiger charge is 2.23. The van der Waals surface area contributed by atoms with Crippen molar-refractivity contribution >= 4 is 11.9 Å². The molecule has 0 aliphatic carbocycles. The van der Waals surface area contributed by atoms with Gasteiger partial charge in [0.2, 0.25) is 0 Å². The number of amides is 1. The minimum atomic E-state index is -1.03. The van der Waals surface area contributed by atoms with Crippen molar-refractivity contribution in [2.45, 2.75) is 53.0 Å². The molecule has 0 fully saturated rings. The van der Waals surface area contributed by atoms with Gasteiger partial charge in [-0.3, -0.25) is 4.79 Å². The van der Waals surface area contributed by atoms with Gasteiger partial charge in [-0.15, -0.1) is 0 Å². The lowest BCUT2D eigenvalue weighted by Gasteiger charge is -2.28. The minimum absolute atomic E-state index is 0.123. The Labute approximate surface area is 131 Å². The fourth-order valence-electron chi connectivity index (χ4n) is 2.22.